The minimum absolute atomic E-state index is 0.226. The van der Waals surface area contributed by atoms with Crippen LogP contribution >= 0.6 is 23.4 Å². The van der Waals surface area contributed by atoms with Crippen LogP contribution in [0.2, 0.25) is 5.02 Å². The van der Waals surface area contributed by atoms with Gasteiger partial charge in [0.2, 0.25) is 0 Å². The highest BCUT2D eigenvalue weighted by molar-refractivity contribution is 7.99. The molecule has 1 aromatic carbocycles. The van der Waals surface area contributed by atoms with E-state index in [0.29, 0.717) is 0 Å². The van der Waals surface area contributed by atoms with Gasteiger partial charge in [0.25, 0.3) is 0 Å². The molecule has 1 saturated heterocycles. The van der Waals surface area contributed by atoms with Crippen molar-refractivity contribution >= 4 is 23.4 Å². The molecule has 0 amide bonds. The lowest BCUT2D eigenvalue weighted by Gasteiger charge is -2.41. The lowest BCUT2D eigenvalue weighted by molar-refractivity contribution is 0.0200. The maximum Gasteiger partial charge on any atom is 0.0783 e. The van der Waals surface area contributed by atoms with Crippen LogP contribution in [-0.2, 0) is 6.42 Å². The van der Waals surface area contributed by atoms with Crippen LogP contribution < -0.4 is 0 Å². The zero-order valence-corrected chi connectivity index (χ0v) is 11.9. The van der Waals surface area contributed by atoms with Gasteiger partial charge in [-0.1, -0.05) is 37.6 Å². The maximum atomic E-state index is 10.7. The molecule has 3 heteroatoms. The van der Waals surface area contributed by atoms with E-state index < -0.39 is 5.60 Å². The summed E-state index contributed by atoms with van der Waals surface area (Å²) in [6.07, 6.45) is 1.59. The molecule has 0 bridgehead atoms. The number of halogens is 1. The highest BCUT2D eigenvalue weighted by Gasteiger charge is 2.38. The predicted octanol–water partition coefficient (Wildman–Crippen LogP) is 3.78. The predicted molar refractivity (Wildman–Crippen MR) is 75.8 cm³/mol. The van der Waals surface area contributed by atoms with Crippen LogP contribution in [0.5, 0.6) is 0 Å². The Morgan fingerprint density at radius 1 is 1.24 bits per heavy atom. The first-order chi connectivity index (χ1) is 7.89. The molecule has 94 valence electrons. The van der Waals surface area contributed by atoms with Gasteiger partial charge in [-0.15, -0.1) is 0 Å². The van der Waals surface area contributed by atoms with E-state index in [9.17, 15) is 5.11 Å². The summed E-state index contributed by atoms with van der Waals surface area (Å²) in [6, 6.07) is 7.79. The van der Waals surface area contributed by atoms with Crippen LogP contribution in [0.15, 0.2) is 24.3 Å². The van der Waals surface area contributed by atoms with Gasteiger partial charge in [-0.05, 0) is 35.3 Å². The zero-order valence-electron chi connectivity index (χ0n) is 10.4. The molecule has 1 aliphatic heterocycles. The Labute approximate surface area is 113 Å². The topological polar surface area (TPSA) is 20.2 Å². The van der Waals surface area contributed by atoms with E-state index in [-0.39, 0.29) is 5.41 Å². The van der Waals surface area contributed by atoms with E-state index >= 15 is 0 Å². The molecule has 17 heavy (non-hydrogen) atoms. The molecular formula is C14H19ClOS. The van der Waals surface area contributed by atoms with Gasteiger partial charge in [0, 0.05) is 17.2 Å². The Bertz CT molecular complexity index is 388. The molecule has 1 heterocycles. The first kappa shape index (κ1) is 13.3. The fraction of sp³-hybridized carbons (Fsp3) is 0.571. The minimum Gasteiger partial charge on any atom is -0.389 e. The van der Waals surface area contributed by atoms with Crippen molar-refractivity contribution < 1.29 is 5.11 Å². The second kappa shape index (κ2) is 4.83. The Balaban J connectivity index is 2.09. The van der Waals surface area contributed by atoms with Gasteiger partial charge in [-0.2, -0.15) is 11.8 Å². The third-order valence-electron chi connectivity index (χ3n) is 3.12. The summed E-state index contributed by atoms with van der Waals surface area (Å²) < 4.78 is 0. The van der Waals surface area contributed by atoms with Gasteiger partial charge in [0.05, 0.1) is 5.60 Å². The highest BCUT2D eigenvalue weighted by Crippen LogP contribution is 2.40. The van der Waals surface area contributed by atoms with Crippen molar-refractivity contribution in [1.29, 1.82) is 0 Å². The first-order valence-electron chi connectivity index (χ1n) is 5.93. The number of hydrogen-bond donors (Lipinski definition) is 1. The summed E-state index contributed by atoms with van der Waals surface area (Å²) in [5.41, 5.74) is 0.819. The third kappa shape index (κ3) is 3.64. The molecule has 2 rings (SSSR count). The Kier molecular flexibility index (Phi) is 3.77. The van der Waals surface area contributed by atoms with Crippen molar-refractivity contribution in [1.82, 2.24) is 0 Å². The molecule has 1 atom stereocenters. The molecule has 1 aromatic rings. The molecule has 0 spiro atoms. The number of thioether (sulfide) groups is 1. The molecule has 1 N–H and O–H groups in total. The molecule has 1 fully saturated rings. The summed E-state index contributed by atoms with van der Waals surface area (Å²) in [5, 5.41) is 11.4. The Morgan fingerprint density at radius 2 is 1.88 bits per heavy atom. The van der Waals surface area contributed by atoms with Crippen molar-refractivity contribution in [2.75, 3.05) is 11.5 Å². The molecule has 0 aliphatic carbocycles. The fourth-order valence-electron chi connectivity index (χ4n) is 2.61. The summed E-state index contributed by atoms with van der Waals surface area (Å²) in [4.78, 5) is 0. The van der Waals surface area contributed by atoms with E-state index in [1.807, 2.05) is 36.0 Å². The largest absolute Gasteiger partial charge is 0.389 e. The van der Waals surface area contributed by atoms with Crippen LogP contribution in [0.25, 0.3) is 0 Å². The van der Waals surface area contributed by atoms with Gasteiger partial charge in [0.15, 0.2) is 0 Å². The number of aliphatic hydroxyl groups is 1. The standard InChI is InChI=1S/C14H19ClOS/c1-13(2)8-14(16,10-17-9-13)7-11-3-5-12(15)6-4-11/h3-6,16H,7-10H2,1-2H3. The van der Waals surface area contributed by atoms with E-state index in [0.717, 1.165) is 34.9 Å². The SMILES string of the molecule is CC1(C)CSCC(O)(Cc2ccc(Cl)cc2)C1. The van der Waals surface area contributed by atoms with Gasteiger partial charge in [0.1, 0.15) is 0 Å². The second-order valence-electron chi connectivity index (χ2n) is 5.86. The minimum atomic E-state index is -0.569. The van der Waals surface area contributed by atoms with Gasteiger partial charge < -0.3 is 5.11 Å². The summed E-state index contributed by atoms with van der Waals surface area (Å²) >= 11 is 7.72. The van der Waals surface area contributed by atoms with Crippen LogP contribution in [0, 0.1) is 5.41 Å². The lowest BCUT2D eigenvalue weighted by atomic mass is 9.79. The normalized spacial score (nSPS) is 28.0. The lowest BCUT2D eigenvalue weighted by Crippen LogP contribution is -2.44. The average molecular weight is 271 g/mol. The first-order valence-corrected chi connectivity index (χ1v) is 7.47. The van der Waals surface area contributed by atoms with Crippen molar-refractivity contribution in [3.8, 4) is 0 Å². The van der Waals surface area contributed by atoms with Gasteiger partial charge >= 0.3 is 0 Å². The molecule has 1 nitrogen and oxygen atoms in total. The fourth-order valence-corrected chi connectivity index (χ4v) is 4.07. The molecule has 0 radical (unpaired) electrons. The number of rotatable bonds is 2. The van der Waals surface area contributed by atoms with Crippen LogP contribution in [0.4, 0.5) is 0 Å². The second-order valence-corrected chi connectivity index (χ2v) is 7.28. The van der Waals surface area contributed by atoms with Crippen LogP contribution in [0.1, 0.15) is 25.8 Å². The number of benzene rings is 1. The molecular weight excluding hydrogens is 252 g/mol. The molecule has 0 aromatic heterocycles. The summed E-state index contributed by atoms with van der Waals surface area (Å²) in [7, 11) is 0. The van der Waals surface area contributed by atoms with Gasteiger partial charge in [-0.3, -0.25) is 0 Å². The molecule has 1 unspecified atom stereocenters. The van der Waals surface area contributed by atoms with Crippen molar-refractivity contribution in [3.63, 3.8) is 0 Å². The Morgan fingerprint density at radius 3 is 2.47 bits per heavy atom. The smallest absolute Gasteiger partial charge is 0.0783 e. The summed E-state index contributed by atoms with van der Waals surface area (Å²) in [5.74, 6) is 1.97. The summed E-state index contributed by atoms with van der Waals surface area (Å²) in [6.45, 7) is 4.46. The third-order valence-corrected chi connectivity index (χ3v) is 5.10. The van der Waals surface area contributed by atoms with Gasteiger partial charge in [-0.25, -0.2) is 0 Å². The van der Waals surface area contributed by atoms with Crippen molar-refractivity contribution in [3.05, 3.63) is 34.9 Å². The highest BCUT2D eigenvalue weighted by atomic mass is 35.5. The van der Waals surface area contributed by atoms with Crippen LogP contribution in [-0.4, -0.2) is 22.2 Å². The van der Waals surface area contributed by atoms with E-state index in [1.165, 1.54) is 0 Å². The molecule has 0 saturated carbocycles. The van der Waals surface area contributed by atoms with Crippen LogP contribution in [0.3, 0.4) is 0 Å². The van der Waals surface area contributed by atoms with E-state index in [1.54, 1.807) is 0 Å². The van der Waals surface area contributed by atoms with E-state index in [4.69, 9.17) is 11.6 Å². The Hall–Kier alpha value is -0.180. The quantitative estimate of drug-likeness (QED) is 0.883. The zero-order chi connectivity index (χ0) is 12.5. The average Bonchev–Trinajstić information content (AvgIpc) is 2.19. The van der Waals surface area contributed by atoms with Crippen molar-refractivity contribution in [2.24, 2.45) is 5.41 Å². The van der Waals surface area contributed by atoms with E-state index in [2.05, 4.69) is 13.8 Å². The number of hydrogen-bond acceptors (Lipinski definition) is 2. The van der Waals surface area contributed by atoms with Crippen molar-refractivity contribution in [2.45, 2.75) is 32.3 Å². The monoisotopic (exact) mass is 270 g/mol. The maximum absolute atomic E-state index is 10.7. The molecule has 1 aliphatic rings.